The lowest BCUT2D eigenvalue weighted by atomic mass is 9.95. The largest absolute Gasteiger partial charge is 0.472 e. The van der Waals surface area contributed by atoms with Gasteiger partial charge in [0.1, 0.15) is 47.8 Å². The van der Waals surface area contributed by atoms with Crippen LogP contribution in [0, 0.1) is 22.7 Å². The zero-order chi connectivity index (χ0) is 47.8. The van der Waals surface area contributed by atoms with Gasteiger partial charge < -0.3 is 29.0 Å². The molecular weight excluding hydrogens is 856 g/mol. The topological polar surface area (TPSA) is 148 Å². The first-order valence-corrected chi connectivity index (χ1v) is 25.9. The normalized spacial score (nSPS) is 21.1. The fourth-order valence-electron chi connectivity index (χ4n) is 10.8. The van der Waals surface area contributed by atoms with Crippen LogP contribution in [0.5, 0.6) is 11.9 Å². The van der Waals surface area contributed by atoms with Gasteiger partial charge in [0.15, 0.2) is 5.82 Å². The molecular formula is C51H67FN6O7Si. The molecule has 1 aliphatic carbocycles. The van der Waals surface area contributed by atoms with Crippen molar-refractivity contribution in [2.75, 3.05) is 30.0 Å². The summed E-state index contributed by atoms with van der Waals surface area (Å²) in [4.78, 5) is 45.9. The van der Waals surface area contributed by atoms with Gasteiger partial charge >= 0.3 is 18.2 Å². The van der Waals surface area contributed by atoms with Gasteiger partial charge in [0.2, 0.25) is 5.88 Å². The highest BCUT2D eigenvalue weighted by atomic mass is 28.3. The molecule has 0 radical (unpaired) electrons. The number of hydrogen-bond acceptors (Lipinski definition) is 11. The summed E-state index contributed by atoms with van der Waals surface area (Å²) in [6.07, 6.45) is 1.44. The van der Waals surface area contributed by atoms with Crippen molar-refractivity contribution in [3.8, 4) is 34.6 Å². The second-order valence-corrected chi connectivity index (χ2v) is 27.5. The highest BCUT2D eigenvalue weighted by Gasteiger charge is 2.54. The molecule has 2 amide bonds. The Balaban J connectivity index is 1.36. The molecule has 13 nitrogen and oxygen atoms in total. The number of nitrogens with zero attached hydrogens (tertiary/aromatic N) is 5. The molecule has 5 heterocycles. The molecule has 2 saturated heterocycles. The molecule has 3 fully saturated rings. The van der Waals surface area contributed by atoms with Gasteiger partial charge in [0, 0.05) is 34.2 Å². The molecule has 1 saturated carbocycles. The lowest BCUT2D eigenvalue weighted by Crippen LogP contribution is -2.65. The van der Waals surface area contributed by atoms with Gasteiger partial charge in [-0.05, 0) is 114 Å². The van der Waals surface area contributed by atoms with E-state index >= 15 is 4.39 Å². The summed E-state index contributed by atoms with van der Waals surface area (Å²) in [5, 5.41) is 14.7. The second kappa shape index (κ2) is 17.1. The van der Waals surface area contributed by atoms with Crippen LogP contribution in [0.4, 0.5) is 25.5 Å². The van der Waals surface area contributed by atoms with E-state index in [0.717, 1.165) is 19.3 Å². The molecule has 4 atom stereocenters. The molecule has 354 valence electrons. The maximum atomic E-state index is 18.2. The first kappa shape index (κ1) is 47.3. The number of rotatable bonds is 9. The Hall–Kier alpha value is -5.20. The second-order valence-electron chi connectivity index (χ2n) is 21.9. The van der Waals surface area contributed by atoms with E-state index in [9.17, 15) is 14.7 Å². The smallest absolute Gasteiger partial charge is 0.412 e. The fourth-order valence-corrected chi connectivity index (χ4v) is 16.0. The predicted octanol–water partition coefficient (Wildman–Crippen LogP) is 10.8. The van der Waals surface area contributed by atoms with Crippen molar-refractivity contribution in [1.29, 1.82) is 0 Å². The molecule has 0 unspecified atom stereocenters. The van der Waals surface area contributed by atoms with Crippen LogP contribution < -0.4 is 19.7 Å². The van der Waals surface area contributed by atoms with Crippen LogP contribution in [0.3, 0.4) is 0 Å². The minimum absolute atomic E-state index is 0.0384. The number of nitrogens with one attached hydrogen (secondary N) is 1. The van der Waals surface area contributed by atoms with E-state index in [1.807, 2.05) is 56.9 Å². The number of aliphatic hydroxyl groups is 1. The first-order valence-electron chi connectivity index (χ1n) is 23.7. The maximum absolute atomic E-state index is 18.2. The summed E-state index contributed by atoms with van der Waals surface area (Å²) in [7, 11) is -2.22. The van der Waals surface area contributed by atoms with Gasteiger partial charge in [0.25, 0.3) is 0 Å². The zero-order valence-corrected chi connectivity index (χ0v) is 41.9. The van der Waals surface area contributed by atoms with Gasteiger partial charge in [-0.25, -0.2) is 19.0 Å². The SMILES string of the molecule is CC(C)[Si](C#Cc1cccc2cc(NC(=O)OC(C)(C)C)cc(-c3nc4c5c(nc(OCC6(CO)CC6)nc5c3F)N3C[C@H]5CC[C@@H]([C@H]3[C@H](C)O4)N5C(=O)OC(C)(C)C)c12)(C(C)C)C(C)C. The number of aromatic nitrogens is 3. The molecule has 0 spiro atoms. The van der Waals surface area contributed by atoms with Crippen LogP contribution in [-0.2, 0) is 9.47 Å². The lowest BCUT2D eigenvalue weighted by molar-refractivity contribution is 0.000910. The molecule has 3 aliphatic heterocycles. The zero-order valence-electron chi connectivity index (χ0n) is 40.9. The van der Waals surface area contributed by atoms with Crippen molar-refractivity contribution in [3.63, 3.8) is 0 Å². The summed E-state index contributed by atoms with van der Waals surface area (Å²) < 4.78 is 42.9. The molecule has 2 aromatic heterocycles. The molecule has 4 aliphatic rings. The molecule has 2 aromatic carbocycles. The highest BCUT2D eigenvalue weighted by Crippen LogP contribution is 2.49. The number of fused-ring (bicyclic) bond motifs is 6. The van der Waals surface area contributed by atoms with Gasteiger partial charge in [-0.1, -0.05) is 59.6 Å². The van der Waals surface area contributed by atoms with Crippen molar-refractivity contribution in [1.82, 2.24) is 19.9 Å². The first-order chi connectivity index (χ1) is 31.0. The minimum Gasteiger partial charge on any atom is -0.472 e. The Morgan fingerprint density at radius 1 is 0.970 bits per heavy atom. The number of ether oxygens (including phenoxy) is 4. The predicted molar refractivity (Wildman–Crippen MR) is 258 cm³/mol. The van der Waals surface area contributed by atoms with Gasteiger partial charge in [-0.2, -0.15) is 9.97 Å². The van der Waals surface area contributed by atoms with E-state index in [1.165, 1.54) is 0 Å². The summed E-state index contributed by atoms with van der Waals surface area (Å²) in [6, 6.07) is 8.39. The van der Waals surface area contributed by atoms with E-state index in [2.05, 4.69) is 63.2 Å². The minimum atomic E-state index is -2.22. The van der Waals surface area contributed by atoms with Gasteiger partial charge in [-0.15, -0.1) is 5.54 Å². The number of benzene rings is 2. The Bertz CT molecular complexity index is 2610. The summed E-state index contributed by atoms with van der Waals surface area (Å²) in [5.74, 6) is 3.43. The Labute approximate surface area is 389 Å². The number of piperazine rings is 1. The van der Waals surface area contributed by atoms with Crippen molar-refractivity contribution in [2.45, 2.75) is 168 Å². The Morgan fingerprint density at radius 2 is 1.65 bits per heavy atom. The number of anilines is 2. The molecule has 2 N–H and O–H groups in total. The lowest BCUT2D eigenvalue weighted by Gasteiger charge is -2.48. The average molecular weight is 923 g/mol. The molecule has 2 bridgehead atoms. The Morgan fingerprint density at radius 3 is 2.27 bits per heavy atom. The van der Waals surface area contributed by atoms with E-state index < -0.39 is 48.7 Å². The summed E-state index contributed by atoms with van der Waals surface area (Å²) >= 11 is 0. The number of halogens is 1. The summed E-state index contributed by atoms with van der Waals surface area (Å²) in [5.41, 5.74) is 4.47. The molecule has 66 heavy (non-hydrogen) atoms. The highest BCUT2D eigenvalue weighted by molar-refractivity contribution is 6.90. The van der Waals surface area contributed by atoms with Crippen LogP contribution in [0.25, 0.3) is 32.9 Å². The Kier molecular flexibility index (Phi) is 12.3. The number of carbonyl (C=O) groups is 2. The van der Waals surface area contributed by atoms with E-state index in [1.54, 1.807) is 26.8 Å². The van der Waals surface area contributed by atoms with Crippen molar-refractivity contribution in [3.05, 3.63) is 41.7 Å². The molecule has 8 rings (SSSR count). The van der Waals surface area contributed by atoms with Crippen LogP contribution in [-0.4, -0.2) is 100 Å². The third-order valence-corrected chi connectivity index (χ3v) is 20.3. The van der Waals surface area contributed by atoms with Crippen LogP contribution >= 0.6 is 0 Å². The standard InChI is InChI=1S/C51H67FN6O7Si/c1-28(2)66(29(3)4,30(5)6)22-19-32-15-14-16-33-23-34(53-47(60)64-49(8,9)10)24-36(38(32)33)41-40(52)42-39-44(56-46(55-42)62-27-51(26-59)20-21-51)57-25-35-17-18-37(43(57)31(7)63-45(39)54-41)58(35)48(61)65-50(11,12)13/h14-16,23-24,28-31,35,37,43,59H,17-18,20-21,25-27H2,1-13H3,(H,53,60)/t31-,35+,37-,43+/m0/s1. The molecule has 15 heteroatoms. The van der Waals surface area contributed by atoms with E-state index in [0.29, 0.717) is 68.4 Å². The van der Waals surface area contributed by atoms with Crippen molar-refractivity contribution >= 4 is 53.4 Å². The monoisotopic (exact) mass is 922 g/mol. The summed E-state index contributed by atoms with van der Waals surface area (Å²) in [6.45, 7) is 27.0. The quantitative estimate of drug-likeness (QED) is 0.122. The van der Waals surface area contributed by atoms with Gasteiger partial charge in [0.05, 0.1) is 31.3 Å². The number of hydrogen-bond donors (Lipinski definition) is 2. The van der Waals surface area contributed by atoms with Gasteiger partial charge in [-0.3, -0.25) is 10.2 Å². The van der Waals surface area contributed by atoms with E-state index in [-0.39, 0.29) is 54.5 Å². The third kappa shape index (κ3) is 8.75. The van der Waals surface area contributed by atoms with Crippen LogP contribution in [0.2, 0.25) is 16.6 Å². The van der Waals surface area contributed by atoms with E-state index in [4.69, 9.17) is 33.9 Å². The number of pyridine rings is 1. The molecule has 4 aromatic rings. The number of aliphatic hydroxyl groups excluding tert-OH is 1. The number of amides is 2. The number of carbonyl (C=O) groups excluding carboxylic acids is 2. The van der Waals surface area contributed by atoms with Crippen LogP contribution in [0.1, 0.15) is 121 Å². The third-order valence-electron chi connectivity index (χ3n) is 14.0. The van der Waals surface area contributed by atoms with Crippen molar-refractivity contribution in [2.24, 2.45) is 5.41 Å². The van der Waals surface area contributed by atoms with Crippen molar-refractivity contribution < 1.29 is 38.0 Å². The fraction of sp³-hybridized carbons (Fsp3) is 0.588. The average Bonchev–Trinajstić information content (AvgIpc) is 3.95. The van der Waals surface area contributed by atoms with Crippen LogP contribution in [0.15, 0.2) is 30.3 Å². The maximum Gasteiger partial charge on any atom is 0.412 e.